The van der Waals surface area contributed by atoms with Crippen molar-refractivity contribution in [2.45, 2.75) is 26.2 Å². The first kappa shape index (κ1) is 13.4. The van der Waals surface area contributed by atoms with Gasteiger partial charge in [-0.3, -0.25) is 4.79 Å². The quantitative estimate of drug-likeness (QED) is 0.737. The maximum atomic E-state index is 11.9. The average molecular weight is 280 g/mol. The maximum absolute atomic E-state index is 11.9. The molecule has 0 amide bonds. The molecule has 0 fully saturated rings. The molecule has 1 atom stereocenters. The summed E-state index contributed by atoms with van der Waals surface area (Å²) in [6.45, 7) is 3.75. The molecule has 1 unspecified atom stereocenters. The largest absolute Gasteiger partial charge is 0.299 e. The number of nitrogens with zero attached hydrogens (tertiary/aromatic N) is 4. The van der Waals surface area contributed by atoms with Gasteiger partial charge < -0.3 is 0 Å². The number of para-hydroxylation sites is 1. The first-order chi connectivity index (χ1) is 10.2. The van der Waals surface area contributed by atoms with Gasteiger partial charge in [0.2, 0.25) is 0 Å². The number of rotatable bonds is 4. The first-order valence-corrected chi connectivity index (χ1v) is 6.99. The fourth-order valence-electron chi connectivity index (χ4n) is 2.42. The van der Waals surface area contributed by atoms with E-state index in [-0.39, 0.29) is 11.7 Å². The van der Waals surface area contributed by atoms with Gasteiger partial charge in [0, 0.05) is 6.42 Å². The van der Waals surface area contributed by atoms with Crippen LogP contribution in [-0.4, -0.2) is 25.5 Å². The third-order valence-electron chi connectivity index (χ3n) is 3.64. The van der Waals surface area contributed by atoms with Crippen LogP contribution in [0.3, 0.4) is 0 Å². The number of carbonyl (C=O) groups is 1. The van der Waals surface area contributed by atoms with Crippen molar-refractivity contribution in [3.05, 3.63) is 48.5 Å². The second kappa shape index (κ2) is 5.44. The maximum Gasteiger partial charge on any atom is 0.166 e. The standard InChI is InChI=1S/C16H16N4O/c1-3-14(21)11(2)15-13-9-19-20(16(13)18-10-17-15)12-7-5-4-6-8-12/h4-11H,3H2,1-2H3. The number of Topliss-reactive ketones (excluding diaryl/α,β-unsaturated/α-hetero) is 1. The summed E-state index contributed by atoms with van der Waals surface area (Å²) in [5.74, 6) is -0.0728. The number of hydrogen-bond donors (Lipinski definition) is 0. The van der Waals surface area contributed by atoms with E-state index in [1.807, 2.05) is 44.2 Å². The molecule has 0 aliphatic rings. The molecule has 2 aromatic heterocycles. The van der Waals surface area contributed by atoms with Crippen LogP contribution in [0.4, 0.5) is 0 Å². The Morgan fingerprint density at radius 3 is 2.71 bits per heavy atom. The zero-order valence-electron chi connectivity index (χ0n) is 12.0. The Morgan fingerprint density at radius 1 is 1.24 bits per heavy atom. The molecule has 0 bridgehead atoms. The lowest BCUT2D eigenvalue weighted by atomic mass is 9.98. The Bertz CT molecular complexity index is 779. The molecule has 0 saturated carbocycles. The van der Waals surface area contributed by atoms with E-state index in [4.69, 9.17) is 0 Å². The van der Waals surface area contributed by atoms with Crippen LogP contribution in [0.5, 0.6) is 0 Å². The SMILES string of the molecule is CCC(=O)C(C)c1ncnc2c1cnn2-c1ccccc1. The molecule has 106 valence electrons. The number of benzene rings is 1. The second-order valence-electron chi connectivity index (χ2n) is 4.93. The van der Waals surface area contributed by atoms with E-state index in [2.05, 4.69) is 15.1 Å². The number of hydrogen-bond acceptors (Lipinski definition) is 4. The number of carbonyl (C=O) groups excluding carboxylic acids is 1. The Morgan fingerprint density at radius 2 is 2.00 bits per heavy atom. The molecule has 0 spiro atoms. The van der Waals surface area contributed by atoms with E-state index in [9.17, 15) is 4.79 Å². The number of ketones is 1. The van der Waals surface area contributed by atoms with Crippen molar-refractivity contribution >= 4 is 16.8 Å². The van der Waals surface area contributed by atoms with Crippen LogP contribution in [0.1, 0.15) is 31.9 Å². The van der Waals surface area contributed by atoms with E-state index in [0.29, 0.717) is 6.42 Å². The van der Waals surface area contributed by atoms with Crippen molar-refractivity contribution in [1.82, 2.24) is 19.7 Å². The van der Waals surface area contributed by atoms with Gasteiger partial charge in [0.05, 0.1) is 28.9 Å². The van der Waals surface area contributed by atoms with Crippen molar-refractivity contribution in [2.75, 3.05) is 0 Å². The van der Waals surface area contributed by atoms with Gasteiger partial charge in [0.15, 0.2) is 5.65 Å². The highest BCUT2D eigenvalue weighted by molar-refractivity contribution is 5.90. The smallest absolute Gasteiger partial charge is 0.166 e. The zero-order valence-corrected chi connectivity index (χ0v) is 12.0. The summed E-state index contributed by atoms with van der Waals surface area (Å²) in [6.07, 6.45) is 3.73. The zero-order chi connectivity index (χ0) is 14.8. The van der Waals surface area contributed by atoms with Gasteiger partial charge in [0.25, 0.3) is 0 Å². The van der Waals surface area contributed by atoms with E-state index in [1.165, 1.54) is 6.33 Å². The lowest BCUT2D eigenvalue weighted by Gasteiger charge is -2.09. The second-order valence-corrected chi connectivity index (χ2v) is 4.93. The lowest BCUT2D eigenvalue weighted by molar-refractivity contribution is -0.119. The van der Waals surface area contributed by atoms with Gasteiger partial charge in [-0.15, -0.1) is 0 Å². The topological polar surface area (TPSA) is 60.7 Å². The van der Waals surface area contributed by atoms with Crippen LogP contribution in [0, 0.1) is 0 Å². The fourth-order valence-corrected chi connectivity index (χ4v) is 2.42. The minimum absolute atomic E-state index is 0.169. The predicted molar refractivity (Wildman–Crippen MR) is 80.4 cm³/mol. The van der Waals surface area contributed by atoms with Crippen LogP contribution in [-0.2, 0) is 4.79 Å². The molecule has 5 nitrogen and oxygen atoms in total. The summed E-state index contributed by atoms with van der Waals surface area (Å²) in [5, 5.41) is 5.23. The molecule has 0 N–H and O–H groups in total. The van der Waals surface area contributed by atoms with E-state index < -0.39 is 0 Å². The van der Waals surface area contributed by atoms with Crippen molar-refractivity contribution in [3.63, 3.8) is 0 Å². The Balaban J connectivity index is 2.15. The van der Waals surface area contributed by atoms with E-state index in [1.54, 1.807) is 10.9 Å². The van der Waals surface area contributed by atoms with Crippen LogP contribution in [0.25, 0.3) is 16.7 Å². The highest BCUT2D eigenvalue weighted by Gasteiger charge is 2.20. The fraction of sp³-hybridized carbons (Fsp3) is 0.250. The molecule has 0 saturated heterocycles. The number of aromatic nitrogens is 4. The van der Waals surface area contributed by atoms with E-state index in [0.717, 1.165) is 22.4 Å². The van der Waals surface area contributed by atoms with Gasteiger partial charge >= 0.3 is 0 Å². The third kappa shape index (κ3) is 2.31. The van der Waals surface area contributed by atoms with Crippen molar-refractivity contribution in [2.24, 2.45) is 0 Å². The summed E-state index contributed by atoms with van der Waals surface area (Å²) >= 11 is 0. The summed E-state index contributed by atoms with van der Waals surface area (Å²) in [5.41, 5.74) is 2.41. The van der Waals surface area contributed by atoms with Crippen LogP contribution < -0.4 is 0 Å². The first-order valence-electron chi connectivity index (χ1n) is 6.99. The van der Waals surface area contributed by atoms with Gasteiger partial charge in [-0.2, -0.15) is 5.10 Å². The minimum atomic E-state index is -0.242. The van der Waals surface area contributed by atoms with Gasteiger partial charge in [-0.05, 0) is 19.1 Å². The summed E-state index contributed by atoms with van der Waals surface area (Å²) < 4.78 is 1.77. The van der Waals surface area contributed by atoms with Crippen molar-refractivity contribution in [1.29, 1.82) is 0 Å². The van der Waals surface area contributed by atoms with Gasteiger partial charge in [-0.1, -0.05) is 25.1 Å². The molecule has 3 aromatic rings. The summed E-state index contributed by atoms with van der Waals surface area (Å²) in [4.78, 5) is 20.6. The normalized spacial score (nSPS) is 12.5. The van der Waals surface area contributed by atoms with Crippen molar-refractivity contribution in [3.8, 4) is 5.69 Å². The monoisotopic (exact) mass is 280 g/mol. The Hall–Kier alpha value is -2.56. The molecule has 0 radical (unpaired) electrons. The Labute approximate surface area is 122 Å². The van der Waals surface area contributed by atoms with Crippen molar-refractivity contribution < 1.29 is 4.79 Å². The third-order valence-corrected chi connectivity index (χ3v) is 3.64. The molecule has 3 rings (SSSR count). The average Bonchev–Trinajstić information content (AvgIpc) is 2.98. The van der Waals surface area contributed by atoms with Crippen LogP contribution in [0.15, 0.2) is 42.9 Å². The highest BCUT2D eigenvalue weighted by atomic mass is 16.1. The minimum Gasteiger partial charge on any atom is -0.299 e. The molecule has 0 aliphatic heterocycles. The highest BCUT2D eigenvalue weighted by Crippen LogP contribution is 2.24. The molecular formula is C16H16N4O. The van der Waals surface area contributed by atoms with E-state index >= 15 is 0 Å². The summed E-state index contributed by atoms with van der Waals surface area (Å²) in [6, 6.07) is 9.80. The predicted octanol–water partition coefficient (Wildman–Crippen LogP) is 2.90. The molecule has 5 heteroatoms. The number of fused-ring (bicyclic) bond motifs is 1. The molecule has 2 heterocycles. The molecule has 0 aliphatic carbocycles. The Kier molecular flexibility index (Phi) is 3.48. The van der Waals surface area contributed by atoms with Crippen LogP contribution >= 0.6 is 0 Å². The lowest BCUT2D eigenvalue weighted by Crippen LogP contribution is -2.10. The van der Waals surface area contributed by atoms with Gasteiger partial charge in [0.1, 0.15) is 12.1 Å². The summed E-state index contributed by atoms with van der Waals surface area (Å²) in [7, 11) is 0. The molecular weight excluding hydrogens is 264 g/mol. The molecule has 1 aromatic carbocycles. The molecule has 21 heavy (non-hydrogen) atoms. The van der Waals surface area contributed by atoms with Crippen LogP contribution in [0.2, 0.25) is 0 Å². The van der Waals surface area contributed by atoms with Gasteiger partial charge in [-0.25, -0.2) is 14.6 Å².